The van der Waals surface area contributed by atoms with Crippen molar-refractivity contribution >= 4 is 0 Å². The van der Waals surface area contributed by atoms with Gasteiger partial charge in [-0.25, -0.2) is 9.37 Å². The van der Waals surface area contributed by atoms with Crippen LogP contribution in [0.5, 0.6) is 5.75 Å². The average Bonchev–Trinajstić information content (AvgIpc) is 2.77. The minimum atomic E-state index is -0.596. The molecule has 0 atom stereocenters. The number of benzene rings is 1. The van der Waals surface area contributed by atoms with E-state index in [1.54, 1.807) is 24.7 Å². The summed E-state index contributed by atoms with van der Waals surface area (Å²) in [6.07, 6.45) is 3.30. The molecule has 2 aromatic rings. The first-order chi connectivity index (χ1) is 7.77. The van der Waals surface area contributed by atoms with E-state index in [0.29, 0.717) is 18.7 Å². The van der Waals surface area contributed by atoms with Crippen LogP contribution in [0, 0.1) is 5.82 Å². The molecule has 0 saturated heterocycles. The Morgan fingerprint density at radius 1 is 1.38 bits per heavy atom. The minimum absolute atomic E-state index is 0.292. The molecule has 0 bridgehead atoms. The van der Waals surface area contributed by atoms with Gasteiger partial charge in [0.05, 0.1) is 6.33 Å². The van der Waals surface area contributed by atoms with Crippen molar-refractivity contribution in [3.63, 3.8) is 0 Å². The third kappa shape index (κ3) is 2.38. The van der Waals surface area contributed by atoms with E-state index in [0.717, 1.165) is 5.69 Å². The van der Waals surface area contributed by atoms with E-state index >= 15 is 0 Å². The number of aromatic amines is 1. The first-order valence-electron chi connectivity index (χ1n) is 4.91. The Kier molecular flexibility index (Phi) is 3.16. The average molecular weight is 221 g/mol. The van der Waals surface area contributed by atoms with Gasteiger partial charge >= 0.3 is 0 Å². The molecule has 0 radical (unpaired) electrons. The van der Waals surface area contributed by atoms with E-state index in [9.17, 15) is 9.50 Å². The number of hydrogen-bond acceptors (Lipinski definition) is 3. The molecule has 1 heterocycles. The molecule has 1 aromatic heterocycles. The van der Waals surface area contributed by atoms with Gasteiger partial charge in [-0.1, -0.05) is 12.1 Å². The SMILES string of the molecule is Oc1c(F)cccc1CNCc1cnc[nH]1. The number of phenolic OH excluding ortho intramolecular Hbond substituents is 1. The maximum Gasteiger partial charge on any atom is 0.165 e. The molecule has 2 rings (SSSR count). The van der Waals surface area contributed by atoms with E-state index in [4.69, 9.17) is 0 Å². The molecule has 16 heavy (non-hydrogen) atoms. The molecular weight excluding hydrogens is 209 g/mol. The third-order valence-electron chi connectivity index (χ3n) is 2.26. The highest BCUT2D eigenvalue weighted by Gasteiger charge is 2.05. The van der Waals surface area contributed by atoms with Crippen LogP contribution in [0.1, 0.15) is 11.3 Å². The van der Waals surface area contributed by atoms with Crippen LogP contribution in [-0.2, 0) is 13.1 Å². The Hall–Kier alpha value is -1.88. The highest BCUT2D eigenvalue weighted by molar-refractivity contribution is 5.33. The number of H-pyrrole nitrogens is 1. The second-order valence-corrected chi connectivity index (χ2v) is 3.43. The fraction of sp³-hybridized carbons (Fsp3) is 0.182. The zero-order valence-electron chi connectivity index (χ0n) is 8.57. The summed E-state index contributed by atoms with van der Waals surface area (Å²) in [4.78, 5) is 6.81. The Balaban J connectivity index is 1.92. The lowest BCUT2D eigenvalue weighted by atomic mass is 10.2. The number of halogens is 1. The van der Waals surface area contributed by atoms with Crippen LogP contribution in [0.15, 0.2) is 30.7 Å². The number of aromatic nitrogens is 2. The van der Waals surface area contributed by atoms with E-state index in [1.165, 1.54) is 6.07 Å². The molecule has 0 unspecified atom stereocenters. The maximum absolute atomic E-state index is 13.0. The predicted octanol–water partition coefficient (Wildman–Crippen LogP) is 1.54. The van der Waals surface area contributed by atoms with Gasteiger partial charge in [-0.2, -0.15) is 0 Å². The van der Waals surface area contributed by atoms with Gasteiger partial charge in [-0.15, -0.1) is 0 Å². The first-order valence-corrected chi connectivity index (χ1v) is 4.91. The largest absolute Gasteiger partial charge is 0.505 e. The van der Waals surface area contributed by atoms with Gasteiger partial charge in [0.25, 0.3) is 0 Å². The van der Waals surface area contributed by atoms with Crippen LogP contribution in [0.2, 0.25) is 0 Å². The summed E-state index contributed by atoms with van der Waals surface area (Å²) in [6, 6.07) is 4.48. The first kappa shape index (κ1) is 10.6. The minimum Gasteiger partial charge on any atom is -0.505 e. The quantitative estimate of drug-likeness (QED) is 0.734. The van der Waals surface area contributed by atoms with E-state index in [-0.39, 0.29) is 5.75 Å². The second-order valence-electron chi connectivity index (χ2n) is 3.43. The molecule has 3 N–H and O–H groups in total. The van der Waals surface area contributed by atoms with E-state index in [1.807, 2.05) is 0 Å². The Morgan fingerprint density at radius 2 is 2.25 bits per heavy atom. The maximum atomic E-state index is 13.0. The van der Waals surface area contributed by atoms with Gasteiger partial charge in [0.15, 0.2) is 11.6 Å². The van der Waals surface area contributed by atoms with Gasteiger partial charge < -0.3 is 15.4 Å². The van der Waals surface area contributed by atoms with Gasteiger partial charge in [0, 0.05) is 30.5 Å². The van der Waals surface area contributed by atoms with Crippen LogP contribution in [0.25, 0.3) is 0 Å². The molecule has 0 aliphatic rings. The summed E-state index contributed by atoms with van der Waals surface area (Å²) < 4.78 is 13.0. The topological polar surface area (TPSA) is 60.9 Å². The number of nitrogens with one attached hydrogen (secondary N) is 2. The van der Waals surface area contributed by atoms with E-state index in [2.05, 4.69) is 15.3 Å². The lowest BCUT2D eigenvalue weighted by molar-refractivity contribution is 0.423. The van der Waals surface area contributed by atoms with Crippen molar-refractivity contribution in [3.05, 3.63) is 47.8 Å². The number of imidazole rings is 1. The summed E-state index contributed by atoms with van der Waals surface area (Å²) in [5.41, 5.74) is 1.48. The smallest absolute Gasteiger partial charge is 0.165 e. The Bertz CT molecular complexity index is 456. The second kappa shape index (κ2) is 4.76. The van der Waals surface area contributed by atoms with Gasteiger partial charge in [0.2, 0.25) is 0 Å². The predicted molar refractivity (Wildman–Crippen MR) is 57.2 cm³/mol. The van der Waals surface area contributed by atoms with Crippen molar-refractivity contribution in [2.45, 2.75) is 13.1 Å². The number of phenols is 1. The van der Waals surface area contributed by atoms with Crippen molar-refractivity contribution in [2.24, 2.45) is 0 Å². The molecule has 84 valence electrons. The zero-order valence-corrected chi connectivity index (χ0v) is 8.57. The van der Waals surface area contributed by atoms with Crippen LogP contribution in [0.4, 0.5) is 4.39 Å². The van der Waals surface area contributed by atoms with Gasteiger partial charge in [0.1, 0.15) is 0 Å². The lowest BCUT2D eigenvalue weighted by Crippen LogP contribution is -2.13. The summed E-state index contributed by atoms with van der Waals surface area (Å²) in [5, 5.41) is 12.5. The summed E-state index contributed by atoms with van der Waals surface area (Å²) in [7, 11) is 0. The molecule has 0 spiro atoms. The van der Waals surface area contributed by atoms with Crippen LogP contribution < -0.4 is 5.32 Å². The number of para-hydroxylation sites is 1. The standard InChI is InChI=1S/C11H12FN3O/c12-10-3-1-2-8(11(10)16)4-13-5-9-6-14-7-15-9/h1-3,6-7,13,16H,4-5H2,(H,14,15). The molecule has 0 fully saturated rings. The number of rotatable bonds is 4. The van der Waals surface area contributed by atoms with Crippen molar-refractivity contribution < 1.29 is 9.50 Å². The molecule has 0 aliphatic heterocycles. The van der Waals surface area contributed by atoms with Gasteiger partial charge in [-0.3, -0.25) is 0 Å². The number of nitrogens with zero attached hydrogens (tertiary/aromatic N) is 1. The number of aromatic hydroxyl groups is 1. The Labute approximate surface area is 92.2 Å². The summed E-state index contributed by atoms with van der Waals surface area (Å²) >= 11 is 0. The van der Waals surface area contributed by atoms with Crippen molar-refractivity contribution in [1.29, 1.82) is 0 Å². The van der Waals surface area contributed by atoms with Crippen LogP contribution in [-0.4, -0.2) is 15.1 Å². The monoisotopic (exact) mass is 221 g/mol. The molecule has 0 saturated carbocycles. The molecule has 0 amide bonds. The molecule has 5 heteroatoms. The van der Waals surface area contributed by atoms with E-state index < -0.39 is 5.82 Å². The molecule has 0 aliphatic carbocycles. The number of hydrogen-bond donors (Lipinski definition) is 3. The summed E-state index contributed by atoms with van der Waals surface area (Å²) in [5.74, 6) is -0.888. The third-order valence-corrected chi connectivity index (χ3v) is 2.26. The Morgan fingerprint density at radius 3 is 3.00 bits per heavy atom. The molecular formula is C11H12FN3O. The van der Waals surface area contributed by atoms with Crippen molar-refractivity contribution in [1.82, 2.24) is 15.3 Å². The van der Waals surface area contributed by atoms with Gasteiger partial charge in [-0.05, 0) is 6.07 Å². The van der Waals surface area contributed by atoms with Crippen LogP contribution in [0.3, 0.4) is 0 Å². The van der Waals surface area contributed by atoms with Crippen LogP contribution >= 0.6 is 0 Å². The highest BCUT2D eigenvalue weighted by atomic mass is 19.1. The molecule has 1 aromatic carbocycles. The highest BCUT2D eigenvalue weighted by Crippen LogP contribution is 2.20. The fourth-order valence-electron chi connectivity index (χ4n) is 1.42. The summed E-state index contributed by atoms with van der Waals surface area (Å²) in [6.45, 7) is 0.999. The van der Waals surface area contributed by atoms with Crippen molar-refractivity contribution in [2.75, 3.05) is 0 Å². The van der Waals surface area contributed by atoms with Crippen molar-refractivity contribution in [3.8, 4) is 5.75 Å². The lowest BCUT2D eigenvalue weighted by Gasteiger charge is -2.06. The fourth-order valence-corrected chi connectivity index (χ4v) is 1.42. The normalized spacial score (nSPS) is 10.6. The molecule has 4 nitrogen and oxygen atoms in total. The zero-order chi connectivity index (χ0) is 11.4.